The smallest absolute Gasteiger partial charge is 0.140 e. The molecule has 0 saturated carbocycles. The van der Waals surface area contributed by atoms with Gasteiger partial charge in [-0.2, -0.15) is 0 Å². The standard InChI is InChI=1S/C6H10N2S2/c1-3(2)4-5(7)10-6(9)8-4/h3-4,7H,1-2H3,(H,8,9). The van der Waals surface area contributed by atoms with E-state index in [0.717, 1.165) is 4.32 Å². The molecule has 0 aliphatic carbocycles. The molecule has 1 saturated heterocycles. The molecule has 56 valence electrons. The van der Waals surface area contributed by atoms with Gasteiger partial charge in [0.05, 0.1) is 11.1 Å². The highest BCUT2D eigenvalue weighted by Gasteiger charge is 2.27. The van der Waals surface area contributed by atoms with Crippen molar-refractivity contribution >= 4 is 33.3 Å². The minimum Gasteiger partial charge on any atom is -0.361 e. The molecule has 4 heteroatoms. The normalized spacial score (nSPS) is 25.7. The van der Waals surface area contributed by atoms with Crippen LogP contribution in [0.2, 0.25) is 0 Å². The molecule has 10 heavy (non-hydrogen) atoms. The second kappa shape index (κ2) is 2.88. The van der Waals surface area contributed by atoms with Crippen molar-refractivity contribution in [3.05, 3.63) is 0 Å². The molecule has 1 heterocycles. The van der Waals surface area contributed by atoms with Crippen molar-refractivity contribution in [3.8, 4) is 0 Å². The fourth-order valence-corrected chi connectivity index (χ4v) is 2.09. The van der Waals surface area contributed by atoms with E-state index in [0.29, 0.717) is 11.0 Å². The van der Waals surface area contributed by atoms with Gasteiger partial charge < -0.3 is 5.32 Å². The average molecular weight is 174 g/mol. The molecule has 0 bridgehead atoms. The van der Waals surface area contributed by atoms with Gasteiger partial charge in [-0.05, 0) is 17.7 Å². The van der Waals surface area contributed by atoms with Crippen LogP contribution in [0.4, 0.5) is 0 Å². The Balaban J connectivity index is 2.63. The van der Waals surface area contributed by atoms with Crippen LogP contribution in [0.3, 0.4) is 0 Å². The zero-order valence-corrected chi connectivity index (χ0v) is 7.60. The van der Waals surface area contributed by atoms with E-state index in [2.05, 4.69) is 19.2 Å². The first kappa shape index (κ1) is 8.01. The first-order valence-corrected chi connectivity index (χ1v) is 4.40. The Bertz CT molecular complexity index is 177. The number of hydrogen-bond donors (Lipinski definition) is 2. The van der Waals surface area contributed by atoms with Crippen molar-refractivity contribution in [2.24, 2.45) is 5.92 Å². The Morgan fingerprint density at radius 3 is 2.50 bits per heavy atom. The minimum atomic E-state index is 0.164. The lowest BCUT2D eigenvalue weighted by molar-refractivity contribution is 0.565. The van der Waals surface area contributed by atoms with Crippen molar-refractivity contribution in [1.82, 2.24) is 5.32 Å². The summed E-state index contributed by atoms with van der Waals surface area (Å²) in [6.07, 6.45) is 0. The summed E-state index contributed by atoms with van der Waals surface area (Å²) in [7, 11) is 0. The van der Waals surface area contributed by atoms with Gasteiger partial charge in [0.25, 0.3) is 0 Å². The first-order chi connectivity index (χ1) is 4.61. The van der Waals surface area contributed by atoms with E-state index >= 15 is 0 Å². The van der Waals surface area contributed by atoms with Crippen LogP contribution in [0.5, 0.6) is 0 Å². The summed E-state index contributed by atoms with van der Waals surface area (Å²) in [5.41, 5.74) is 0. The fraction of sp³-hybridized carbons (Fsp3) is 0.667. The van der Waals surface area contributed by atoms with Crippen molar-refractivity contribution in [3.63, 3.8) is 0 Å². The summed E-state index contributed by atoms with van der Waals surface area (Å²) in [5, 5.41) is 11.2. The molecule has 1 aliphatic rings. The maximum absolute atomic E-state index is 7.48. The molecule has 0 aromatic carbocycles. The Hall–Kier alpha value is -0.0900. The molecular formula is C6H10N2S2. The van der Waals surface area contributed by atoms with Crippen LogP contribution < -0.4 is 5.32 Å². The number of thiocarbonyl (C=S) groups is 1. The van der Waals surface area contributed by atoms with E-state index in [-0.39, 0.29) is 6.04 Å². The number of thioether (sulfide) groups is 1. The Labute approximate surface area is 70.3 Å². The first-order valence-electron chi connectivity index (χ1n) is 3.18. The molecule has 1 aliphatic heterocycles. The van der Waals surface area contributed by atoms with Crippen LogP contribution in [-0.4, -0.2) is 15.4 Å². The van der Waals surface area contributed by atoms with Crippen LogP contribution in [0, 0.1) is 11.3 Å². The van der Waals surface area contributed by atoms with Gasteiger partial charge in [-0.3, -0.25) is 5.41 Å². The number of rotatable bonds is 1. The van der Waals surface area contributed by atoms with E-state index in [1.807, 2.05) is 0 Å². The van der Waals surface area contributed by atoms with E-state index in [9.17, 15) is 0 Å². The Morgan fingerprint density at radius 1 is 1.70 bits per heavy atom. The second-order valence-corrected chi connectivity index (χ2v) is 4.34. The summed E-state index contributed by atoms with van der Waals surface area (Å²) in [6.45, 7) is 4.17. The van der Waals surface area contributed by atoms with E-state index in [1.54, 1.807) is 0 Å². The Kier molecular flexibility index (Phi) is 2.31. The predicted octanol–water partition coefficient (Wildman–Crippen LogP) is 1.61. The fourth-order valence-electron chi connectivity index (χ4n) is 0.855. The van der Waals surface area contributed by atoms with Gasteiger partial charge in [0.2, 0.25) is 0 Å². The molecule has 1 rings (SSSR count). The monoisotopic (exact) mass is 174 g/mol. The van der Waals surface area contributed by atoms with Gasteiger partial charge in [-0.15, -0.1) is 0 Å². The van der Waals surface area contributed by atoms with Gasteiger partial charge in [0.15, 0.2) is 0 Å². The predicted molar refractivity (Wildman–Crippen MR) is 49.7 cm³/mol. The third-order valence-electron chi connectivity index (χ3n) is 1.43. The largest absolute Gasteiger partial charge is 0.361 e. The SMILES string of the molecule is CC(C)C1NC(=S)SC1=N. The van der Waals surface area contributed by atoms with Crippen molar-refractivity contribution in [1.29, 1.82) is 5.41 Å². The van der Waals surface area contributed by atoms with E-state index < -0.39 is 0 Å². The average Bonchev–Trinajstić information content (AvgIpc) is 2.10. The highest BCUT2D eigenvalue weighted by atomic mass is 32.2. The summed E-state index contributed by atoms with van der Waals surface area (Å²) >= 11 is 6.26. The molecule has 2 N–H and O–H groups in total. The van der Waals surface area contributed by atoms with Crippen LogP contribution in [0.15, 0.2) is 0 Å². The summed E-state index contributed by atoms with van der Waals surface area (Å²) in [6, 6.07) is 0.164. The van der Waals surface area contributed by atoms with Crippen molar-refractivity contribution in [2.75, 3.05) is 0 Å². The van der Waals surface area contributed by atoms with Crippen LogP contribution >= 0.6 is 24.0 Å². The van der Waals surface area contributed by atoms with Crippen LogP contribution in [0.25, 0.3) is 0 Å². The molecule has 0 amide bonds. The summed E-state index contributed by atoms with van der Waals surface area (Å²) in [5.74, 6) is 0.459. The molecule has 0 aromatic heterocycles. The number of nitrogens with one attached hydrogen (secondary N) is 2. The van der Waals surface area contributed by atoms with Gasteiger partial charge in [0, 0.05) is 0 Å². The highest BCUT2D eigenvalue weighted by Crippen LogP contribution is 2.20. The van der Waals surface area contributed by atoms with Crippen LogP contribution in [0.1, 0.15) is 13.8 Å². The zero-order chi connectivity index (χ0) is 7.72. The third-order valence-corrected chi connectivity index (χ3v) is 2.57. The zero-order valence-electron chi connectivity index (χ0n) is 5.97. The third kappa shape index (κ3) is 1.49. The second-order valence-electron chi connectivity index (χ2n) is 2.62. The molecule has 0 aromatic rings. The molecule has 1 unspecified atom stereocenters. The quantitative estimate of drug-likeness (QED) is 0.593. The lowest BCUT2D eigenvalue weighted by Crippen LogP contribution is -2.33. The summed E-state index contributed by atoms with van der Waals surface area (Å²) in [4.78, 5) is 0. The molecular weight excluding hydrogens is 164 g/mol. The van der Waals surface area contributed by atoms with Crippen molar-refractivity contribution < 1.29 is 0 Å². The molecule has 2 nitrogen and oxygen atoms in total. The molecule has 1 fully saturated rings. The maximum atomic E-state index is 7.48. The lowest BCUT2D eigenvalue weighted by Gasteiger charge is -2.12. The Morgan fingerprint density at radius 2 is 2.30 bits per heavy atom. The molecule has 0 radical (unpaired) electrons. The maximum Gasteiger partial charge on any atom is 0.140 e. The van der Waals surface area contributed by atoms with Gasteiger partial charge in [-0.1, -0.05) is 26.1 Å². The molecule has 1 atom stereocenters. The lowest BCUT2D eigenvalue weighted by atomic mass is 10.1. The minimum absolute atomic E-state index is 0.164. The highest BCUT2D eigenvalue weighted by molar-refractivity contribution is 8.33. The molecule has 0 spiro atoms. The van der Waals surface area contributed by atoms with E-state index in [1.165, 1.54) is 11.8 Å². The summed E-state index contributed by atoms with van der Waals surface area (Å²) < 4.78 is 0.740. The topological polar surface area (TPSA) is 35.9 Å². The van der Waals surface area contributed by atoms with Gasteiger partial charge >= 0.3 is 0 Å². The van der Waals surface area contributed by atoms with E-state index in [4.69, 9.17) is 17.6 Å². The van der Waals surface area contributed by atoms with Crippen LogP contribution in [-0.2, 0) is 0 Å². The number of hydrogen-bond acceptors (Lipinski definition) is 3. The van der Waals surface area contributed by atoms with Gasteiger partial charge in [-0.25, -0.2) is 0 Å². The van der Waals surface area contributed by atoms with Crippen molar-refractivity contribution in [2.45, 2.75) is 19.9 Å². The van der Waals surface area contributed by atoms with Gasteiger partial charge in [0.1, 0.15) is 4.32 Å².